The fraction of sp³-hybridized carbons (Fsp3) is 0.294. The summed E-state index contributed by atoms with van der Waals surface area (Å²) in [5, 5.41) is 14.7. The molecule has 6 heteroatoms. The average Bonchev–Trinajstić information content (AvgIpc) is 2.86. The van der Waals surface area contributed by atoms with Gasteiger partial charge in [0, 0.05) is 33.4 Å². The molecule has 1 heterocycles. The van der Waals surface area contributed by atoms with Crippen LogP contribution in [0.25, 0.3) is 0 Å². The van der Waals surface area contributed by atoms with Gasteiger partial charge in [0.2, 0.25) is 0 Å². The molecule has 0 fully saturated rings. The number of ether oxygens (including phenoxy) is 2. The summed E-state index contributed by atoms with van der Waals surface area (Å²) in [6.07, 6.45) is 0. The molecule has 0 saturated heterocycles. The Hall–Kier alpha value is -2.87. The van der Waals surface area contributed by atoms with E-state index in [1.807, 2.05) is 62.4 Å². The van der Waals surface area contributed by atoms with E-state index in [0.717, 1.165) is 55.5 Å². The maximum Gasteiger partial charge on any atom is 0.162 e. The van der Waals surface area contributed by atoms with Crippen molar-refractivity contribution in [2.45, 2.75) is 53.9 Å². The van der Waals surface area contributed by atoms with Crippen LogP contribution in [0.5, 0.6) is 17.2 Å². The second-order valence-corrected chi connectivity index (χ2v) is 12.8. The minimum atomic E-state index is -1.63. The molecule has 0 aliphatic carbocycles. The molecule has 0 spiro atoms. The van der Waals surface area contributed by atoms with Gasteiger partial charge in [0.25, 0.3) is 0 Å². The van der Waals surface area contributed by atoms with Gasteiger partial charge < -0.3 is 22.0 Å². The predicted octanol–water partition coefficient (Wildman–Crippen LogP) is 6.96. The summed E-state index contributed by atoms with van der Waals surface area (Å²) in [5.74, 6) is 2.05. The van der Waals surface area contributed by atoms with Crippen molar-refractivity contribution >= 4 is 23.8 Å². The van der Waals surface area contributed by atoms with Crippen molar-refractivity contribution in [3.8, 4) is 17.2 Å². The first-order chi connectivity index (χ1) is 18.0. The molecule has 0 radical (unpaired) electrons. The number of hydrogen-bond acceptors (Lipinski definition) is 4. The van der Waals surface area contributed by atoms with Crippen LogP contribution in [0.4, 0.5) is 0 Å². The van der Waals surface area contributed by atoms with Gasteiger partial charge in [-0.2, -0.15) is 0 Å². The van der Waals surface area contributed by atoms with E-state index >= 15 is 0 Å². The van der Waals surface area contributed by atoms with Crippen LogP contribution in [0.15, 0.2) is 72.8 Å². The van der Waals surface area contributed by atoms with Crippen molar-refractivity contribution < 1.29 is 31.1 Å². The summed E-state index contributed by atoms with van der Waals surface area (Å²) in [6.45, 7) is 14.6. The SMILES string of the molecule is COc1cccc(C)c1[PH+](c1cccc(C(C)(C)C)c1O)c1c(C)cccc1OC.Cc1cccc(C)n1.[CH3-].[Ni]. The number of pyridine rings is 1. The Balaban J connectivity index is 0.000000690. The van der Waals surface area contributed by atoms with Gasteiger partial charge in [-0.3, -0.25) is 4.98 Å². The zero-order valence-electron chi connectivity index (χ0n) is 25.5. The molecule has 1 N–H and O–H groups in total. The molecule has 4 rings (SSSR count). The first-order valence-corrected chi connectivity index (χ1v) is 14.4. The number of benzene rings is 3. The first kappa shape index (κ1) is 35.2. The van der Waals surface area contributed by atoms with Gasteiger partial charge in [0.1, 0.15) is 23.8 Å². The Bertz CT molecular complexity index is 1330. The van der Waals surface area contributed by atoms with E-state index in [0.29, 0.717) is 5.75 Å². The molecule has 0 amide bonds. The fourth-order valence-corrected chi connectivity index (χ4v) is 7.93. The van der Waals surface area contributed by atoms with Crippen LogP contribution in [0.3, 0.4) is 0 Å². The molecule has 4 nitrogen and oxygen atoms in total. The normalized spacial score (nSPS) is 10.6. The van der Waals surface area contributed by atoms with Crippen molar-refractivity contribution in [2.75, 3.05) is 14.2 Å². The van der Waals surface area contributed by atoms with E-state index in [1.165, 1.54) is 0 Å². The molecule has 0 aliphatic heterocycles. The minimum Gasteiger partial charge on any atom is -0.504 e. The Morgan fingerprint density at radius 1 is 0.675 bits per heavy atom. The maximum absolute atomic E-state index is 11.5. The first-order valence-electron chi connectivity index (χ1n) is 12.9. The minimum absolute atomic E-state index is 0. The average molecular weight is 604 g/mol. The predicted molar refractivity (Wildman–Crippen MR) is 170 cm³/mol. The van der Waals surface area contributed by atoms with Crippen molar-refractivity contribution in [3.63, 3.8) is 0 Å². The Labute approximate surface area is 252 Å². The summed E-state index contributed by atoms with van der Waals surface area (Å²) < 4.78 is 11.6. The van der Waals surface area contributed by atoms with E-state index < -0.39 is 7.92 Å². The van der Waals surface area contributed by atoms with E-state index in [1.54, 1.807) is 14.2 Å². The summed E-state index contributed by atoms with van der Waals surface area (Å²) in [4.78, 5) is 4.17. The Morgan fingerprint density at radius 3 is 1.48 bits per heavy atom. The molecule has 0 aliphatic rings. The van der Waals surface area contributed by atoms with Crippen LogP contribution >= 0.6 is 7.92 Å². The number of aromatic nitrogens is 1. The van der Waals surface area contributed by atoms with Gasteiger partial charge in [-0.15, -0.1) is 0 Å². The van der Waals surface area contributed by atoms with Crippen LogP contribution in [0.2, 0.25) is 0 Å². The van der Waals surface area contributed by atoms with Crippen LogP contribution < -0.4 is 25.4 Å². The van der Waals surface area contributed by atoms with E-state index in [4.69, 9.17) is 9.47 Å². The molecule has 1 aromatic heterocycles. The van der Waals surface area contributed by atoms with Crippen molar-refractivity contribution in [1.29, 1.82) is 0 Å². The van der Waals surface area contributed by atoms with Crippen LogP contribution in [0, 0.1) is 35.1 Å². The number of nitrogens with zero attached hydrogens (tertiary/aromatic N) is 1. The molecular formula is C34H44NNiO3P. The number of aromatic hydroxyl groups is 1. The second kappa shape index (κ2) is 15.2. The van der Waals surface area contributed by atoms with Gasteiger partial charge in [-0.25, -0.2) is 0 Å². The van der Waals surface area contributed by atoms with Crippen molar-refractivity contribution in [2.24, 2.45) is 0 Å². The molecule has 0 atom stereocenters. The van der Waals surface area contributed by atoms with Gasteiger partial charge in [0.05, 0.1) is 14.2 Å². The number of rotatable bonds is 5. The number of methoxy groups -OCH3 is 2. The molecule has 0 saturated carbocycles. The summed E-state index contributed by atoms with van der Waals surface area (Å²) in [6, 6.07) is 24.4. The second-order valence-electron chi connectivity index (χ2n) is 10.6. The molecule has 40 heavy (non-hydrogen) atoms. The Morgan fingerprint density at radius 2 is 1.10 bits per heavy atom. The Kier molecular flexibility index (Phi) is 13.4. The zero-order valence-corrected chi connectivity index (χ0v) is 27.4. The van der Waals surface area contributed by atoms with E-state index in [2.05, 4.69) is 63.9 Å². The third kappa shape index (κ3) is 8.09. The van der Waals surface area contributed by atoms with E-state index in [9.17, 15) is 5.11 Å². The zero-order chi connectivity index (χ0) is 28.0. The van der Waals surface area contributed by atoms with Crippen LogP contribution in [-0.2, 0) is 21.9 Å². The van der Waals surface area contributed by atoms with Gasteiger partial charge in [-0.1, -0.05) is 63.2 Å². The van der Waals surface area contributed by atoms with Crippen LogP contribution in [-0.4, -0.2) is 24.3 Å². The van der Waals surface area contributed by atoms with Gasteiger partial charge in [-0.05, 0) is 74.6 Å². The molecular weight excluding hydrogens is 560 g/mol. The largest absolute Gasteiger partial charge is 0.504 e. The monoisotopic (exact) mass is 603 g/mol. The summed E-state index contributed by atoms with van der Waals surface area (Å²) in [5.41, 5.74) is 5.25. The molecule has 0 unspecified atom stereocenters. The van der Waals surface area contributed by atoms with Gasteiger partial charge >= 0.3 is 0 Å². The smallest absolute Gasteiger partial charge is 0.162 e. The van der Waals surface area contributed by atoms with Crippen LogP contribution in [0.1, 0.15) is 48.8 Å². The third-order valence-corrected chi connectivity index (χ3v) is 9.77. The number of phenolic OH excluding ortho intramolecular Hbond substituents is 1. The number of phenols is 1. The maximum atomic E-state index is 11.5. The summed E-state index contributed by atoms with van der Waals surface area (Å²) in [7, 11) is 1.78. The quantitative estimate of drug-likeness (QED) is 0.152. The molecule has 4 aromatic rings. The van der Waals surface area contributed by atoms with E-state index in [-0.39, 0.29) is 29.3 Å². The third-order valence-electron chi connectivity index (χ3n) is 6.55. The summed E-state index contributed by atoms with van der Waals surface area (Å²) >= 11 is 0. The van der Waals surface area contributed by atoms with Crippen molar-refractivity contribution in [3.05, 3.63) is 108 Å². The molecule has 218 valence electrons. The van der Waals surface area contributed by atoms with Gasteiger partial charge in [0.15, 0.2) is 17.2 Å². The number of aryl methyl sites for hydroxylation is 4. The number of hydrogen-bond donors (Lipinski definition) is 1. The fourth-order valence-electron chi connectivity index (χ4n) is 4.69. The number of para-hydroxylation sites is 1. The van der Waals surface area contributed by atoms with Crippen molar-refractivity contribution in [1.82, 2.24) is 4.98 Å². The molecule has 0 bridgehead atoms. The molecule has 3 aromatic carbocycles. The standard InChI is InChI=1S/C26H31O3P.C7H9N.CH3.Ni/c1-17-11-8-14-20(28-6)24(17)30(25-18(2)12-9-15-21(25)29-7)22-16-10-13-19(23(22)27)26(3,4)5;1-6-4-3-5-7(2)8-6;;/h8-16,27H,1-7H3;3-5H,1-2H3;1H3;/q;;-1;/p+1. The topological polar surface area (TPSA) is 51.6 Å².